The van der Waals surface area contributed by atoms with Gasteiger partial charge in [0.2, 0.25) is 0 Å². The number of rotatable bonds is 10. The smallest absolute Gasteiger partial charge is 0.0103 e. The van der Waals surface area contributed by atoms with Gasteiger partial charge in [0.25, 0.3) is 0 Å². The minimum atomic E-state index is 1.27. The van der Waals surface area contributed by atoms with Gasteiger partial charge in [-0.1, -0.05) is 396 Å². The van der Waals surface area contributed by atoms with Gasteiger partial charge in [0.15, 0.2) is 0 Å². The van der Waals surface area contributed by atoms with E-state index in [1.807, 2.05) is 0 Å². The van der Waals surface area contributed by atoms with Crippen molar-refractivity contribution in [3.63, 3.8) is 0 Å². The first-order valence-electron chi connectivity index (χ1n) is 34.9. The van der Waals surface area contributed by atoms with E-state index in [0.717, 1.165) is 0 Å². The van der Waals surface area contributed by atoms with Crippen LogP contribution in [0.5, 0.6) is 0 Å². The van der Waals surface area contributed by atoms with Crippen LogP contribution in [0.2, 0.25) is 0 Å². The third kappa shape index (κ3) is 18.7. The molecular formula is C100H90. The molecule has 0 nitrogen and oxygen atoms in total. The van der Waals surface area contributed by atoms with Crippen LogP contribution >= 0.6 is 0 Å². The first-order chi connectivity index (χ1) is 48.7. The molecule has 0 aliphatic heterocycles. The van der Waals surface area contributed by atoms with Crippen LogP contribution in [-0.2, 0) is 0 Å². The molecule has 0 aliphatic carbocycles. The first-order valence-corrected chi connectivity index (χ1v) is 34.9. The maximum atomic E-state index is 2.27. The second kappa shape index (κ2) is 34.0. The minimum absolute atomic E-state index is 1.27. The molecule has 15 aromatic carbocycles. The van der Waals surface area contributed by atoms with E-state index in [4.69, 9.17) is 0 Å². The topological polar surface area (TPSA) is 0 Å². The van der Waals surface area contributed by atoms with E-state index < -0.39 is 0 Å². The van der Waals surface area contributed by atoms with Crippen molar-refractivity contribution in [3.05, 3.63) is 420 Å². The molecule has 0 unspecified atom stereocenters. The van der Waals surface area contributed by atoms with E-state index in [-0.39, 0.29) is 0 Å². The Balaban J connectivity index is 0.000000126. The third-order valence-electron chi connectivity index (χ3n) is 18.3. The molecule has 100 heavy (non-hydrogen) atoms. The second-order valence-corrected chi connectivity index (χ2v) is 26.4. The Bertz CT molecular complexity index is 5040. The molecule has 0 atom stereocenters. The number of hydrogen-bond acceptors (Lipinski definition) is 0. The molecule has 0 N–H and O–H groups in total. The average Bonchev–Trinajstić information content (AvgIpc) is 0.828. The lowest BCUT2D eigenvalue weighted by Gasteiger charge is -2.12. The summed E-state index contributed by atoms with van der Waals surface area (Å²) in [6.07, 6.45) is 0. The standard InChI is InChI=1S/5C20H18/c1-15-9-11-17(12-10-15)19-7-4-8-20(14-19)18-6-3-5-16(2)13-18;1-15-10-12-17(13-11-15)19-8-3-4-9-20(19)18-7-5-6-16(2)14-18;1-15-11-13-17(14-12-15)19-9-5-6-10-20(19)18-8-4-3-7-16(18)2;1-15-10-12-17(13-11-15)18-7-5-8-19(14-18)20-9-4-3-6-16(20)2;1-15-7-11-17(12-8-15)19-5-3-4-6-20(19)18-13-9-16(2)10-14-18/h5*3-14H,1-2H3. The Morgan fingerprint density at radius 2 is 0.320 bits per heavy atom. The summed E-state index contributed by atoms with van der Waals surface area (Å²) in [4.78, 5) is 0. The van der Waals surface area contributed by atoms with E-state index in [2.05, 4.69) is 433 Å². The van der Waals surface area contributed by atoms with Gasteiger partial charge in [-0.2, -0.15) is 0 Å². The highest BCUT2D eigenvalue weighted by atomic mass is 14.2. The predicted octanol–water partition coefficient (Wildman–Crippen LogP) is 28.2. The Morgan fingerprint density at radius 3 is 0.650 bits per heavy atom. The van der Waals surface area contributed by atoms with E-state index >= 15 is 0 Å². The maximum Gasteiger partial charge on any atom is -0.0103 e. The Labute approximate surface area is 596 Å². The summed E-state index contributed by atoms with van der Waals surface area (Å²) in [5.41, 5.74) is 38.6. The van der Waals surface area contributed by atoms with Crippen LogP contribution in [0.15, 0.2) is 364 Å². The highest BCUT2D eigenvalue weighted by molar-refractivity contribution is 5.87. The van der Waals surface area contributed by atoms with Gasteiger partial charge >= 0.3 is 0 Å². The van der Waals surface area contributed by atoms with Crippen LogP contribution < -0.4 is 0 Å². The summed E-state index contributed by atoms with van der Waals surface area (Å²) >= 11 is 0. The quantitative estimate of drug-likeness (QED) is 0.128. The lowest BCUT2D eigenvalue weighted by Crippen LogP contribution is -1.87. The molecule has 15 aromatic rings. The normalized spacial score (nSPS) is 10.5. The molecule has 0 heteroatoms. The molecule has 0 spiro atoms. The van der Waals surface area contributed by atoms with Crippen molar-refractivity contribution in [3.8, 4) is 111 Å². The van der Waals surface area contributed by atoms with Crippen molar-refractivity contribution < 1.29 is 0 Å². The maximum absolute atomic E-state index is 2.27. The lowest BCUT2D eigenvalue weighted by molar-refractivity contribution is 1.44. The molecule has 0 heterocycles. The van der Waals surface area contributed by atoms with E-state index in [1.54, 1.807) is 0 Å². The zero-order valence-corrected chi connectivity index (χ0v) is 59.6. The monoisotopic (exact) mass is 1290 g/mol. The van der Waals surface area contributed by atoms with E-state index in [0.29, 0.717) is 0 Å². The summed E-state index contributed by atoms with van der Waals surface area (Å²) in [5.74, 6) is 0. The van der Waals surface area contributed by atoms with Crippen LogP contribution in [0, 0.1) is 69.2 Å². The average molecular weight is 1290 g/mol. The highest BCUT2D eigenvalue weighted by Gasteiger charge is 2.12. The Hall–Kier alpha value is -11.7. The van der Waals surface area contributed by atoms with Crippen LogP contribution in [0.4, 0.5) is 0 Å². The van der Waals surface area contributed by atoms with Crippen LogP contribution in [-0.4, -0.2) is 0 Å². The van der Waals surface area contributed by atoms with Gasteiger partial charge in [0.05, 0.1) is 0 Å². The summed E-state index contributed by atoms with van der Waals surface area (Å²) in [5, 5.41) is 0. The summed E-state index contributed by atoms with van der Waals surface area (Å²) < 4.78 is 0. The van der Waals surface area contributed by atoms with E-state index in [1.165, 1.54) is 167 Å². The third-order valence-corrected chi connectivity index (χ3v) is 18.3. The predicted molar refractivity (Wildman–Crippen MR) is 434 cm³/mol. The largest absolute Gasteiger partial charge is 0.0620 e. The fourth-order valence-corrected chi connectivity index (χ4v) is 12.5. The molecule has 0 aliphatic rings. The van der Waals surface area contributed by atoms with Crippen LogP contribution in [0.25, 0.3) is 111 Å². The first kappa shape index (κ1) is 69.6. The van der Waals surface area contributed by atoms with Crippen LogP contribution in [0.3, 0.4) is 0 Å². The number of hydrogen-bond donors (Lipinski definition) is 0. The van der Waals surface area contributed by atoms with Gasteiger partial charge in [-0.25, -0.2) is 0 Å². The van der Waals surface area contributed by atoms with Crippen molar-refractivity contribution in [2.45, 2.75) is 69.2 Å². The Kier molecular flexibility index (Phi) is 23.7. The molecular weight excluding hydrogens is 1200 g/mol. The van der Waals surface area contributed by atoms with Crippen molar-refractivity contribution in [2.75, 3.05) is 0 Å². The van der Waals surface area contributed by atoms with Gasteiger partial charge in [-0.3, -0.25) is 0 Å². The van der Waals surface area contributed by atoms with Crippen molar-refractivity contribution in [1.82, 2.24) is 0 Å². The lowest BCUT2D eigenvalue weighted by atomic mass is 9.92. The fourth-order valence-electron chi connectivity index (χ4n) is 12.5. The molecule has 0 saturated heterocycles. The number of benzene rings is 15. The van der Waals surface area contributed by atoms with Gasteiger partial charge in [-0.15, -0.1) is 0 Å². The molecule has 0 fully saturated rings. The van der Waals surface area contributed by atoms with Gasteiger partial charge in [-0.05, 0) is 204 Å². The fraction of sp³-hybridized carbons (Fsp3) is 0.100. The van der Waals surface area contributed by atoms with Gasteiger partial charge < -0.3 is 0 Å². The van der Waals surface area contributed by atoms with Gasteiger partial charge in [0, 0.05) is 0 Å². The molecule has 490 valence electrons. The molecule has 0 bridgehead atoms. The van der Waals surface area contributed by atoms with Crippen LogP contribution in [0.1, 0.15) is 55.6 Å². The molecule has 15 rings (SSSR count). The minimum Gasteiger partial charge on any atom is -0.0620 e. The molecule has 0 amide bonds. The summed E-state index contributed by atoms with van der Waals surface area (Å²) in [6.45, 7) is 21.3. The van der Waals surface area contributed by atoms with Gasteiger partial charge in [0.1, 0.15) is 0 Å². The number of aryl methyl sites for hydroxylation is 10. The molecule has 0 saturated carbocycles. The SMILES string of the molecule is Cc1ccc(-c2cccc(-c3cccc(C)c3)c2)cc1.Cc1ccc(-c2cccc(-c3ccccc3C)c2)cc1.Cc1ccc(-c2ccccc2-c2ccc(C)cc2)cc1.Cc1ccc(-c2ccccc2-c2cccc(C)c2)cc1.Cc1ccc(-c2ccccc2-c2ccccc2C)cc1. The molecule has 0 radical (unpaired) electrons. The van der Waals surface area contributed by atoms with Crippen molar-refractivity contribution in [2.24, 2.45) is 0 Å². The molecule has 0 aromatic heterocycles. The van der Waals surface area contributed by atoms with E-state index in [9.17, 15) is 0 Å². The second-order valence-electron chi connectivity index (χ2n) is 26.4. The highest BCUT2D eigenvalue weighted by Crippen LogP contribution is 2.37. The Morgan fingerprint density at radius 1 is 0.110 bits per heavy atom. The summed E-state index contributed by atoms with van der Waals surface area (Å²) in [6, 6.07) is 130. The van der Waals surface area contributed by atoms with Crippen molar-refractivity contribution in [1.29, 1.82) is 0 Å². The van der Waals surface area contributed by atoms with Crippen molar-refractivity contribution >= 4 is 0 Å². The zero-order chi connectivity index (χ0) is 69.7. The summed E-state index contributed by atoms with van der Waals surface area (Å²) in [7, 11) is 0. The zero-order valence-electron chi connectivity index (χ0n) is 59.6.